The summed E-state index contributed by atoms with van der Waals surface area (Å²) in [7, 11) is 0.828. The summed E-state index contributed by atoms with van der Waals surface area (Å²) in [4.78, 5) is 0. The van der Waals surface area contributed by atoms with Crippen LogP contribution in [0.5, 0.6) is 0 Å². The molecular formula is C11H24OSi. The maximum absolute atomic E-state index is 5.35. The van der Waals surface area contributed by atoms with Gasteiger partial charge in [0.05, 0.1) is 0 Å². The van der Waals surface area contributed by atoms with E-state index in [1.165, 1.54) is 44.6 Å². The van der Waals surface area contributed by atoms with Gasteiger partial charge < -0.3 is 4.43 Å². The van der Waals surface area contributed by atoms with Crippen molar-refractivity contribution in [1.29, 1.82) is 0 Å². The van der Waals surface area contributed by atoms with Gasteiger partial charge in [-0.15, -0.1) is 6.58 Å². The van der Waals surface area contributed by atoms with Crippen molar-refractivity contribution in [2.75, 3.05) is 7.11 Å². The zero-order valence-electron chi connectivity index (χ0n) is 9.22. The van der Waals surface area contributed by atoms with Gasteiger partial charge in [0.25, 0.3) is 0 Å². The number of unbranched alkanes of at least 4 members (excludes halogenated alkanes) is 5. The molecule has 0 aliphatic rings. The maximum Gasteiger partial charge on any atom is 0.200 e. The molecular weight excluding hydrogens is 176 g/mol. The molecule has 0 aromatic rings. The normalized spacial score (nSPS) is 12.8. The minimum Gasteiger partial charge on any atom is -0.419 e. The molecule has 0 saturated heterocycles. The summed E-state index contributed by atoms with van der Waals surface area (Å²) in [5, 5.41) is 0. The van der Waals surface area contributed by atoms with Gasteiger partial charge in [-0.1, -0.05) is 51.1 Å². The third-order valence-electron chi connectivity index (χ3n) is 2.41. The van der Waals surface area contributed by atoms with E-state index in [9.17, 15) is 0 Å². The monoisotopic (exact) mass is 200 g/mol. The maximum atomic E-state index is 5.35. The Morgan fingerprint density at radius 1 is 1.15 bits per heavy atom. The van der Waals surface area contributed by atoms with Crippen LogP contribution >= 0.6 is 0 Å². The van der Waals surface area contributed by atoms with Crippen molar-refractivity contribution >= 4 is 9.04 Å². The van der Waals surface area contributed by atoms with E-state index in [0.29, 0.717) is 0 Å². The zero-order chi connectivity index (χ0) is 9.94. The summed E-state index contributed by atoms with van der Waals surface area (Å²) in [6, 6.07) is 1.27. The Hall–Kier alpha value is -0.0831. The second-order valence-electron chi connectivity index (χ2n) is 3.57. The number of rotatable bonds is 9. The van der Waals surface area contributed by atoms with Crippen LogP contribution in [-0.4, -0.2) is 16.2 Å². The molecule has 1 nitrogen and oxygen atoms in total. The lowest BCUT2D eigenvalue weighted by Crippen LogP contribution is -2.11. The van der Waals surface area contributed by atoms with Gasteiger partial charge >= 0.3 is 0 Å². The first-order chi connectivity index (χ1) is 6.35. The van der Waals surface area contributed by atoms with Crippen LogP contribution in [0.3, 0.4) is 0 Å². The predicted molar refractivity (Wildman–Crippen MR) is 62.5 cm³/mol. The molecule has 0 radical (unpaired) electrons. The van der Waals surface area contributed by atoms with Gasteiger partial charge in [0.1, 0.15) is 0 Å². The fraction of sp³-hybridized carbons (Fsp3) is 0.818. The highest BCUT2D eigenvalue weighted by Gasteiger charge is 2.03. The van der Waals surface area contributed by atoms with Gasteiger partial charge in [0, 0.05) is 7.11 Å². The Morgan fingerprint density at radius 3 is 2.31 bits per heavy atom. The van der Waals surface area contributed by atoms with Crippen molar-refractivity contribution in [3.05, 3.63) is 12.3 Å². The Kier molecular flexibility index (Phi) is 9.94. The summed E-state index contributed by atoms with van der Waals surface area (Å²) in [5.74, 6) is 0. The summed E-state index contributed by atoms with van der Waals surface area (Å²) in [5.41, 5.74) is 2.03. The van der Waals surface area contributed by atoms with E-state index in [0.717, 1.165) is 0 Å². The molecule has 78 valence electrons. The first-order valence-electron chi connectivity index (χ1n) is 5.50. The molecule has 0 N–H and O–H groups in total. The highest BCUT2D eigenvalue weighted by Crippen LogP contribution is 2.09. The van der Waals surface area contributed by atoms with Gasteiger partial charge in [-0.3, -0.25) is 0 Å². The average Bonchev–Trinajstić information content (AvgIpc) is 2.17. The number of hydrogen-bond acceptors (Lipinski definition) is 1. The van der Waals surface area contributed by atoms with Crippen molar-refractivity contribution in [3.63, 3.8) is 0 Å². The highest BCUT2D eigenvalue weighted by molar-refractivity contribution is 6.57. The minimum absolute atomic E-state index is 0.987. The van der Waals surface area contributed by atoms with Crippen LogP contribution in [0.2, 0.25) is 6.04 Å². The van der Waals surface area contributed by atoms with Crippen molar-refractivity contribution < 1.29 is 4.43 Å². The Labute approximate surface area is 84.9 Å². The molecule has 13 heavy (non-hydrogen) atoms. The first-order valence-corrected chi connectivity index (χ1v) is 7.46. The molecule has 0 aromatic heterocycles. The first kappa shape index (κ1) is 12.9. The van der Waals surface area contributed by atoms with E-state index < -0.39 is 9.04 Å². The molecule has 1 atom stereocenters. The summed E-state index contributed by atoms with van der Waals surface area (Å²) < 4.78 is 5.35. The van der Waals surface area contributed by atoms with E-state index in [1.807, 2.05) is 12.8 Å². The summed E-state index contributed by atoms with van der Waals surface area (Å²) in [6.07, 6.45) is 8.25. The molecule has 0 saturated carbocycles. The second kappa shape index (κ2) is 10.0. The summed E-state index contributed by atoms with van der Waals surface area (Å²) in [6.45, 7) is 6.05. The zero-order valence-corrected chi connectivity index (χ0v) is 10.4. The van der Waals surface area contributed by atoms with Crippen molar-refractivity contribution in [3.8, 4) is 0 Å². The van der Waals surface area contributed by atoms with E-state index in [1.54, 1.807) is 0 Å². The highest BCUT2D eigenvalue weighted by atomic mass is 28.3. The van der Waals surface area contributed by atoms with Crippen LogP contribution in [0.4, 0.5) is 0 Å². The third kappa shape index (κ3) is 8.25. The lowest BCUT2D eigenvalue weighted by molar-refractivity contribution is 0.425. The van der Waals surface area contributed by atoms with Crippen LogP contribution in [0.25, 0.3) is 0 Å². The molecule has 0 fully saturated rings. The minimum atomic E-state index is -0.987. The Morgan fingerprint density at radius 2 is 1.77 bits per heavy atom. The fourth-order valence-electron chi connectivity index (χ4n) is 1.46. The summed E-state index contributed by atoms with van der Waals surface area (Å²) >= 11 is 0. The van der Waals surface area contributed by atoms with Gasteiger partial charge in [-0.2, -0.15) is 0 Å². The molecule has 0 amide bonds. The van der Waals surface area contributed by atoms with Gasteiger partial charge in [0.15, 0.2) is 9.04 Å². The molecule has 0 heterocycles. The molecule has 2 heteroatoms. The van der Waals surface area contributed by atoms with E-state index >= 15 is 0 Å². The van der Waals surface area contributed by atoms with Crippen LogP contribution in [-0.2, 0) is 4.43 Å². The fourth-order valence-corrected chi connectivity index (χ4v) is 2.81. The van der Waals surface area contributed by atoms with Crippen LogP contribution in [0.15, 0.2) is 12.3 Å². The van der Waals surface area contributed by atoms with Crippen LogP contribution in [0, 0.1) is 0 Å². The average molecular weight is 200 g/mol. The molecule has 0 aliphatic heterocycles. The van der Waals surface area contributed by atoms with E-state index in [2.05, 4.69) is 13.5 Å². The molecule has 0 aliphatic carbocycles. The smallest absolute Gasteiger partial charge is 0.200 e. The van der Waals surface area contributed by atoms with Gasteiger partial charge in [0.2, 0.25) is 0 Å². The lowest BCUT2D eigenvalue weighted by Gasteiger charge is -2.07. The SMILES string of the molecule is C=C[SiH](CCCCCCCC)OC. The van der Waals surface area contributed by atoms with E-state index in [-0.39, 0.29) is 0 Å². The van der Waals surface area contributed by atoms with Crippen LogP contribution < -0.4 is 0 Å². The molecule has 0 rings (SSSR count). The van der Waals surface area contributed by atoms with E-state index in [4.69, 9.17) is 4.43 Å². The van der Waals surface area contributed by atoms with Crippen molar-refractivity contribution in [2.24, 2.45) is 0 Å². The number of hydrogen-bond donors (Lipinski definition) is 0. The molecule has 0 spiro atoms. The lowest BCUT2D eigenvalue weighted by atomic mass is 10.1. The molecule has 0 bridgehead atoms. The topological polar surface area (TPSA) is 9.23 Å². The van der Waals surface area contributed by atoms with Crippen LogP contribution in [0.1, 0.15) is 45.4 Å². The molecule has 0 aromatic carbocycles. The quantitative estimate of drug-likeness (QED) is 0.409. The standard InChI is InChI=1S/C11H24OSi/c1-4-6-7-8-9-10-11-13(5-2)12-3/h5,13H,2,4,6-11H2,1,3H3. The largest absolute Gasteiger partial charge is 0.419 e. The van der Waals surface area contributed by atoms with Crippen molar-refractivity contribution in [1.82, 2.24) is 0 Å². The molecule has 1 unspecified atom stereocenters. The van der Waals surface area contributed by atoms with Gasteiger partial charge in [-0.25, -0.2) is 0 Å². The Bertz CT molecular complexity index is 115. The van der Waals surface area contributed by atoms with Crippen molar-refractivity contribution in [2.45, 2.75) is 51.5 Å². The van der Waals surface area contributed by atoms with Gasteiger partial charge in [-0.05, 0) is 6.04 Å². The second-order valence-corrected chi connectivity index (χ2v) is 6.16. The Balaban J connectivity index is 3.10. The predicted octanol–water partition coefficient (Wildman–Crippen LogP) is 3.44. The third-order valence-corrected chi connectivity index (χ3v) is 4.52.